The van der Waals surface area contributed by atoms with Crippen molar-refractivity contribution in [1.82, 2.24) is 4.90 Å². The number of nitrogens with zero attached hydrogens (tertiary/aromatic N) is 1. The fraction of sp³-hybridized carbons (Fsp3) is 0.417. The minimum Gasteiger partial charge on any atom is -0.406 e. The summed E-state index contributed by atoms with van der Waals surface area (Å²) in [6.45, 7) is 0. The molecular weight excluding hydrogens is 327 g/mol. The van der Waals surface area contributed by atoms with Crippen molar-refractivity contribution in [2.45, 2.75) is 25.2 Å². The lowest BCUT2D eigenvalue weighted by Gasteiger charge is -2.18. The number of rotatable bonds is 3. The van der Waals surface area contributed by atoms with Crippen LogP contribution in [0.4, 0.5) is 13.2 Å². The Morgan fingerprint density at radius 1 is 1.42 bits per heavy atom. The molecule has 7 heteroatoms. The Bertz CT molecular complexity index is 500. The molecule has 104 valence electrons. The van der Waals surface area contributed by atoms with Gasteiger partial charge in [-0.25, -0.2) is 0 Å². The van der Waals surface area contributed by atoms with Crippen LogP contribution in [0.2, 0.25) is 0 Å². The average molecular weight is 338 g/mol. The largest absolute Gasteiger partial charge is 0.573 e. The highest BCUT2D eigenvalue weighted by molar-refractivity contribution is 9.10. The molecule has 0 atom stereocenters. The Balaban J connectivity index is 2.23. The Morgan fingerprint density at radius 3 is 2.58 bits per heavy atom. The summed E-state index contributed by atoms with van der Waals surface area (Å²) in [6, 6.07) is 3.81. The standard InChI is InChI=1S/C12H11BrF3NO2/c1-17(7-2-3-7)11(18)9-6-8(4-5-10(9)13)19-12(14,15)16/h4-7H,2-3H2,1H3. The van der Waals surface area contributed by atoms with E-state index in [0.717, 1.165) is 25.0 Å². The van der Waals surface area contributed by atoms with Gasteiger partial charge >= 0.3 is 6.36 Å². The van der Waals surface area contributed by atoms with Crippen molar-refractivity contribution >= 4 is 21.8 Å². The van der Waals surface area contributed by atoms with Gasteiger partial charge in [-0.05, 0) is 47.0 Å². The molecule has 0 saturated heterocycles. The summed E-state index contributed by atoms with van der Waals surface area (Å²) in [6.07, 6.45) is -2.91. The third kappa shape index (κ3) is 3.62. The van der Waals surface area contributed by atoms with E-state index in [1.165, 1.54) is 11.0 Å². The highest BCUT2D eigenvalue weighted by atomic mass is 79.9. The van der Waals surface area contributed by atoms with Crippen molar-refractivity contribution in [3.63, 3.8) is 0 Å². The third-order valence-corrected chi connectivity index (χ3v) is 3.51. The molecule has 2 rings (SSSR count). The second-order valence-electron chi connectivity index (χ2n) is 4.34. The van der Waals surface area contributed by atoms with Crippen molar-refractivity contribution < 1.29 is 22.7 Å². The molecule has 0 radical (unpaired) electrons. The van der Waals surface area contributed by atoms with Gasteiger partial charge in [0.15, 0.2) is 0 Å². The van der Waals surface area contributed by atoms with Gasteiger partial charge in [0.2, 0.25) is 0 Å². The topological polar surface area (TPSA) is 29.5 Å². The number of hydrogen-bond acceptors (Lipinski definition) is 2. The second kappa shape index (κ2) is 5.03. The van der Waals surface area contributed by atoms with E-state index in [4.69, 9.17) is 0 Å². The zero-order valence-corrected chi connectivity index (χ0v) is 11.6. The van der Waals surface area contributed by atoms with E-state index < -0.39 is 12.1 Å². The molecule has 1 fully saturated rings. The molecule has 19 heavy (non-hydrogen) atoms. The minimum absolute atomic E-state index is 0.163. The maximum Gasteiger partial charge on any atom is 0.573 e. The fourth-order valence-corrected chi connectivity index (χ4v) is 2.10. The maximum absolute atomic E-state index is 12.1. The van der Waals surface area contributed by atoms with Crippen molar-refractivity contribution in [2.75, 3.05) is 7.05 Å². The maximum atomic E-state index is 12.1. The summed E-state index contributed by atoms with van der Waals surface area (Å²) in [5.41, 5.74) is 0.163. The first kappa shape index (κ1) is 14.2. The van der Waals surface area contributed by atoms with Crippen LogP contribution in [0, 0.1) is 0 Å². The van der Waals surface area contributed by atoms with Crippen molar-refractivity contribution in [1.29, 1.82) is 0 Å². The molecule has 1 aliphatic carbocycles. The van der Waals surface area contributed by atoms with E-state index in [-0.39, 0.29) is 17.5 Å². The molecule has 0 aliphatic heterocycles. The first-order valence-electron chi connectivity index (χ1n) is 5.60. The number of benzene rings is 1. The molecule has 0 heterocycles. The Labute approximate surface area is 116 Å². The van der Waals surface area contributed by atoms with E-state index in [0.29, 0.717) is 4.47 Å². The number of carbonyl (C=O) groups is 1. The second-order valence-corrected chi connectivity index (χ2v) is 5.19. The summed E-state index contributed by atoms with van der Waals surface area (Å²) in [5.74, 6) is -0.717. The highest BCUT2D eigenvalue weighted by Gasteiger charge is 2.33. The average Bonchev–Trinajstić information content (AvgIpc) is 3.12. The van der Waals surface area contributed by atoms with Gasteiger partial charge in [-0.15, -0.1) is 13.2 Å². The van der Waals surface area contributed by atoms with E-state index in [1.54, 1.807) is 7.05 Å². The summed E-state index contributed by atoms with van der Waals surface area (Å²) in [4.78, 5) is 13.7. The smallest absolute Gasteiger partial charge is 0.406 e. The van der Waals surface area contributed by atoms with Gasteiger partial charge in [0, 0.05) is 17.6 Å². The molecule has 0 aromatic heterocycles. The lowest BCUT2D eigenvalue weighted by molar-refractivity contribution is -0.274. The van der Waals surface area contributed by atoms with Gasteiger partial charge in [-0.3, -0.25) is 4.79 Å². The van der Waals surface area contributed by atoms with E-state index in [1.807, 2.05) is 0 Å². The van der Waals surface area contributed by atoms with Crippen LogP contribution in [0.1, 0.15) is 23.2 Å². The zero-order chi connectivity index (χ0) is 14.2. The lowest BCUT2D eigenvalue weighted by Crippen LogP contribution is -2.29. The monoisotopic (exact) mass is 337 g/mol. The number of halogens is 4. The predicted molar refractivity (Wildman–Crippen MR) is 65.9 cm³/mol. The van der Waals surface area contributed by atoms with Crippen molar-refractivity contribution in [3.8, 4) is 5.75 Å². The molecule has 1 amide bonds. The van der Waals surface area contributed by atoms with Gasteiger partial charge in [0.1, 0.15) is 5.75 Å². The van der Waals surface area contributed by atoms with Crippen LogP contribution in [0.3, 0.4) is 0 Å². The molecule has 3 nitrogen and oxygen atoms in total. The van der Waals surface area contributed by atoms with Gasteiger partial charge in [0.25, 0.3) is 5.91 Å². The van der Waals surface area contributed by atoms with Crippen molar-refractivity contribution in [2.24, 2.45) is 0 Å². The van der Waals surface area contributed by atoms with Gasteiger partial charge in [-0.1, -0.05) is 0 Å². The van der Waals surface area contributed by atoms with Crippen LogP contribution in [-0.2, 0) is 0 Å². The van der Waals surface area contributed by atoms with Crippen LogP contribution < -0.4 is 4.74 Å². The van der Waals surface area contributed by atoms with Crippen molar-refractivity contribution in [3.05, 3.63) is 28.2 Å². The summed E-state index contributed by atoms with van der Waals surface area (Å²) in [7, 11) is 1.64. The molecule has 0 bridgehead atoms. The number of carbonyl (C=O) groups excluding carboxylic acids is 1. The molecule has 0 N–H and O–H groups in total. The van der Waals surface area contributed by atoms with Crippen LogP contribution in [0.5, 0.6) is 5.75 Å². The molecule has 1 saturated carbocycles. The van der Waals surface area contributed by atoms with Crippen LogP contribution >= 0.6 is 15.9 Å². The lowest BCUT2D eigenvalue weighted by atomic mass is 10.2. The number of hydrogen-bond donors (Lipinski definition) is 0. The molecule has 0 spiro atoms. The number of ether oxygens (including phenoxy) is 1. The van der Waals surface area contributed by atoms with Crippen LogP contribution in [-0.4, -0.2) is 30.3 Å². The Hall–Kier alpha value is -1.24. The fourth-order valence-electron chi connectivity index (χ4n) is 1.68. The highest BCUT2D eigenvalue weighted by Crippen LogP contribution is 2.31. The minimum atomic E-state index is -4.77. The predicted octanol–water partition coefficient (Wildman–Crippen LogP) is 3.58. The van der Waals surface area contributed by atoms with Gasteiger partial charge in [0.05, 0.1) is 5.56 Å². The first-order valence-corrected chi connectivity index (χ1v) is 6.39. The summed E-state index contributed by atoms with van der Waals surface area (Å²) >= 11 is 3.16. The quantitative estimate of drug-likeness (QED) is 0.843. The molecule has 0 unspecified atom stereocenters. The molecule has 1 aromatic carbocycles. The number of alkyl halides is 3. The van der Waals surface area contributed by atoms with Gasteiger partial charge in [-0.2, -0.15) is 0 Å². The molecule has 1 aliphatic rings. The summed E-state index contributed by atoms with van der Waals surface area (Å²) in [5, 5.41) is 0. The molecular formula is C12H11BrF3NO2. The Morgan fingerprint density at radius 2 is 2.05 bits per heavy atom. The molecule has 1 aromatic rings. The zero-order valence-electron chi connectivity index (χ0n) is 10.00. The SMILES string of the molecule is CN(C(=O)c1cc(OC(F)(F)F)ccc1Br)C1CC1. The first-order chi connectivity index (χ1) is 8.78. The van der Waals surface area contributed by atoms with E-state index >= 15 is 0 Å². The Kier molecular flexibility index (Phi) is 3.75. The third-order valence-electron chi connectivity index (χ3n) is 2.82. The summed E-state index contributed by atoms with van der Waals surface area (Å²) < 4.78 is 40.7. The van der Waals surface area contributed by atoms with E-state index in [9.17, 15) is 18.0 Å². The van der Waals surface area contributed by atoms with Crippen LogP contribution in [0.25, 0.3) is 0 Å². The normalized spacial score (nSPS) is 15.2. The van der Waals surface area contributed by atoms with E-state index in [2.05, 4.69) is 20.7 Å². The number of amides is 1. The van der Waals surface area contributed by atoms with Crippen LogP contribution in [0.15, 0.2) is 22.7 Å². The van der Waals surface area contributed by atoms with Gasteiger partial charge < -0.3 is 9.64 Å².